The van der Waals surface area contributed by atoms with Crippen LogP contribution in [0.25, 0.3) is 0 Å². The van der Waals surface area contributed by atoms with Gasteiger partial charge in [-0.1, -0.05) is 0 Å². The van der Waals surface area contributed by atoms with Crippen LogP contribution in [0.5, 0.6) is 0 Å². The van der Waals surface area contributed by atoms with E-state index >= 15 is 0 Å². The predicted octanol–water partition coefficient (Wildman–Crippen LogP) is 1.31. The van der Waals surface area contributed by atoms with Gasteiger partial charge in [0.1, 0.15) is 0 Å². The highest BCUT2D eigenvalue weighted by Crippen LogP contribution is 2.23. The fourth-order valence-corrected chi connectivity index (χ4v) is 2.39. The lowest BCUT2D eigenvalue weighted by atomic mass is 10.0. The minimum atomic E-state index is -0.0546. The molecule has 0 bridgehead atoms. The first-order valence-electron chi connectivity index (χ1n) is 7.17. The summed E-state index contributed by atoms with van der Waals surface area (Å²) in [4.78, 5) is 4.23. The molecule has 1 aliphatic rings. The fraction of sp³-hybridized carbons (Fsp3) is 0.714. The van der Waals surface area contributed by atoms with Crippen LogP contribution in [0.2, 0.25) is 0 Å². The maximum Gasteiger partial charge on any atom is 0.191 e. The molecule has 0 spiro atoms. The summed E-state index contributed by atoms with van der Waals surface area (Å²) in [6.07, 6.45) is 7.11. The maximum atomic E-state index is 5.76. The van der Waals surface area contributed by atoms with Crippen LogP contribution in [-0.4, -0.2) is 48.1 Å². The number of halogens is 1. The number of hydrogen-bond acceptors (Lipinski definition) is 3. The molecule has 2 heterocycles. The third-order valence-corrected chi connectivity index (χ3v) is 3.62. The number of ether oxygens (including phenoxy) is 1. The molecular formula is C14H26IN5O. The van der Waals surface area contributed by atoms with Crippen molar-refractivity contribution in [2.45, 2.75) is 31.8 Å². The Morgan fingerprint density at radius 1 is 1.52 bits per heavy atom. The van der Waals surface area contributed by atoms with Crippen LogP contribution in [-0.2, 0) is 18.2 Å². The molecule has 7 heteroatoms. The van der Waals surface area contributed by atoms with Crippen LogP contribution in [0.15, 0.2) is 17.4 Å². The van der Waals surface area contributed by atoms with Gasteiger partial charge in [-0.15, -0.1) is 24.0 Å². The quantitative estimate of drug-likeness (QED) is 0.439. The Labute approximate surface area is 143 Å². The molecule has 1 atom stereocenters. The maximum absolute atomic E-state index is 5.76. The van der Waals surface area contributed by atoms with Crippen LogP contribution in [0.4, 0.5) is 0 Å². The minimum Gasteiger partial charge on any atom is -0.373 e. The Balaban J connectivity index is 0.00000220. The van der Waals surface area contributed by atoms with Gasteiger partial charge in [0.25, 0.3) is 0 Å². The zero-order chi connectivity index (χ0) is 14.4. The standard InChI is InChI=1S/C14H25N5O.HI/c1-14(6-4-8-20-14)11-17-13(15-2)16-7-5-12-9-18-19(3)10-12;/h9-10H,4-8,11H2,1-3H3,(H2,15,16,17);1H. The number of rotatable bonds is 5. The summed E-state index contributed by atoms with van der Waals surface area (Å²) in [6.45, 7) is 4.64. The first kappa shape index (κ1) is 18.2. The van der Waals surface area contributed by atoms with Crippen LogP contribution >= 0.6 is 24.0 Å². The van der Waals surface area contributed by atoms with Crippen molar-refractivity contribution >= 4 is 29.9 Å². The van der Waals surface area contributed by atoms with E-state index in [2.05, 4.69) is 27.6 Å². The Morgan fingerprint density at radius 2 is 2.33 bits per heavy atom. The van der Waals surface area contributed by atoms with Crippen molar-refractivity contribution in [1.82, 2.24) is 20.4 Å². The zero-order valence-corrected chi connectivity index (χ0v) is 15.4. The molecule has 0 radical (unpaired) electrons. The second-order valence-corrected chi connectivity index (χ2v) is 5.53. The average molecular weight is 407 g/mol. The third kappa shape index (κ3) is 5.82. The van der Waals surface area contributed by atoms with Gasteiger partial charge in [-0.3, -0.25) is 9.67 Å². The molecule has 21 heavy (non-hydrogen) atoms. The van der Waals surface area contributed by atoms with Gasteiger partial charge in [0, 0.05) is 40.0 Å². The highest BCUT2D eigenvalue weighted by molar-refractivity contribution is 14.0. The molecule has 120 valence electrons. The summed E-state index contributed by atoms with van der Waals surface area (Å²) >= 11 is 0. The Kier molecular flexibility index (Phi) is 7.44. The number of hydrogen-bond donors (Lipinski definition) is 2. The highest BCUT2D eigenvalue weighted by atomic mass is 127. The Hall–Kier alpha value is -0.830. The van der Waals surface area contributed by atoms with E-state index in [9.17, 15) is 0 Å². The van der Waals surface area contributed by atoms with E-state index in [4.69, 9.17) is 4.74 Å². The molecule has 0 aromatic carbocycles. The van der Waals surface area contributed by atoms with Crippen molar-refractivity contribution in [2.75, 3.05) is 26.7 Å². The third-order valence-electron chi connectivity index (χ3n) is 3.62. The molecule has 6 nitrogen and oxygen atoms in total. The van der Waals surface area contributed by atoms with Gasteiger partial charge in [0.2, 0.25) is 0 Å². The number of nitrogens with one attached hydrogen (secondary N) is 2. The number of aryl methyl sites for hydroxylation is 1. The SMILES string of the molecule is CN=C(NCCc1cnn(C)c1)NCC1(C)CCCO1.I. The molecule has 1 aromatic rings. The normalized spacial score (nSPS) is 22.0. The topological polar surface area (TPSA) is 63.5 Å². The Morgan fingerprint density at radius 3 is 2.90 bits per heavy atom. The molecule has 1 unspecified atom stereocenters. The van der Waals surface area contributed by atoms with E-state index in [0.717, 1.165) is 44.9 Å². The van der Waals surface area contributed by atoms with E-state index in [0.29, 0.717) is 0 Å². The van der Waals surface area contributed by atoms with Gasteiger partial charge in [-0.25, -0.2) is 0 Å². The summed E-state index contributed by atoms with van der Waals surface area (Å²) in [5, 5.41) is 10.8. The van der Waals surface area contributed by atoms with Gasteiger partial charge < -0.3 is 15.4 Å². The summed E-state index contributed by atoms with van der Waals surface area (Å²) in [5.41, 5.74) is 1.17. The first-order valence-corrected chi connectivity index (χ1v) is 7.17. The molecule has 1 saturated heterocycles. The van der Waals surface area contributed by atoms with E-state index in [1.54, 1.807) is 7.05 Å². The summed E-state index contributed by atoms with van der Waals surface area (Å²) in [5.74, 6) is 0.825. The molecule has 1 aliphatic heterocycles. The van der Waals surface area contributed by atoms with Crippen molar-refractivity contribution in [3.05, 3.63) is 18.0 Å². The fourth-order valence-electron chi connectivity index (χ4n) is 2.39. The van der Waals surface area contributed by atoms with Crippen molar-refractivity contribution in [1.29, 1.82) is 0 Å². The molecule has 2 N–H and O–H groups in total. The van der Waals surface area contributed by atoms with Crippen LogP contribution in [0, 0.1) is 0 Å². The number of guanidine groups is 1. The van der Waals surface area contributed by atoms with E-state index < -0.39 is 0 Å². The second-order valence-electron chi connectivity index (χ2n) is 5.53. The van der Waals surface area contributed by atoms with Gasteiger partial charge in [-0.2, -0.15) is 5.10 Å². The Bertz CT molecular complexity index is 454. The van der Waals surface area contributed by atoms with Crippen molar-refractivity contribution in [3.63, 3.8) is 0 Å². The minimum absolute atomic E-state index is 0. The monoisotopic (exact) mass is 407 g/mol. The van der Waals surface area contributed by atoms with E-state index in [1.807, 2.05) is 24.1 Å². The largest absolute Gasteiger partial charge is 0.373 e. The van der Waals surface area contributed by atoms with Crippen molar-refractivity contribution in [2.24, 2.45) is 12.0 Å². The van der Waals surface area contributed by atoms with Gasteiger partial charge >= 0.3 is 0 Å². The highest BCUT2D eigenvalue weighted by Gasteiger charge is 2.29. The number of aliphatic imine (C=N–C) groups is 1. The van der Waals surface area contributed by atoms with Crippen LogP contribution < -0.4 is 10.6 Å². The first-order chi connectivity index (χ1) is 9.61. The number of nitrogens with zero attached hydrogens (tertiary/aromatic N) is 3. The average Bonchev–Trinajstić information content (AvgIpc) is 3.03. The van der Waals surface area contributed by atoms with Crippen molar-refractivity contribution in [3.8, 4) is 0 Å². The lowest BCUT2D eigenvalue weighted by Crippen LogP contribution is -2.45. The molecule has 0 aliphatic carbocycles. The van der Waals surface area contributed by atoms with E-state index in [-0.39, 0.29) is 29.6 Å². The van der Waals surface area contributed by atoms with E-state index in [1.165, 1.54) is 5.56 Å². The molecule has 0 amide bonds. The second kappa shape index (κ2) is 8.57. The molecule has 1 fully saturated rings. The summed E-state index contributed by atoms with van der Waals surface area (Å²) in [7, 11) is 3.72. The summed E-state index contributed by atoms with van der Waals surface area (Å²) < 4.78 is 7.58. The number of aromatic nitrogens is 2. The molecule has 2 rings (SSSR count). The lowest BCUT2D eigenvalue weighted by molar-refractivity contribution is 0.0243. The molecule has 1 aromatic heterocycles. The zero-order valence-electron chi connectivity index (χ0n) is 13.1. The van der Waals surface area contributed by atoms with Gasteiger partial charge in [-0.05, 0) is 31.7 Å². The predicted molar refractivity (Wildman–Crippen MR) is 95.3 cm³/mol. The van der Waals surface area contributed by atoms with Crippen molar-refractivity contribution < 1.29 is 4.74 Å². The molecular weight excluding hydrogens is 381 g/mol. The summed E-state index contributed by atoms with van der Waals surface area (Å²) in [6, 6.07) is 0. The van der Waals surface area contributed by atoms with Gasteiger partial charge in [0.15, 0.2) is 5.96 Å². The van der Waals surface area contributed by atoms with Crippen LogP contribution in [0.3, 0.4) is 0 Å². The lowest BCUT2D eigenvalue weighted by Gasteiger charge is -2.24. The van der Waals surface area contributed by atoms with Crippen LogP contribution in [0.1, 0.15) is 25.3 Å². The smallest absolute Gasteiger partial charge is 0.191 e. The van der Waals surface area contributed by atoms with Gasteiger partial charge in [0.05, 0.1) is 11.8 Å². The molecule has 0 saturated carbocycles.